The molecule has 3 rings (SSSR count). The number of anilines is 1. The van der Waals surface area contributed by atoms with Gasteiger partial charge in [0.05, 0.1) is 5.69 Å². The predicted octanol–water partition coefficient (Wildman–Crippen LogP) is 4.13. The van der Waals surface area contributed by atoms with Crippen molar-refractivity contribution in [2.75, 3.05) is 11.9 Å². The van der Waals surface area contributed by atoms with Crippen LogP contribution >= 0.6 is 0 Å². The Morgan fingerprint density at radius 3 is 2.10 bits per heavy atom. The highest BCUT2D eigenvalue weighted by Crippen LogP contribution is 2.18. The Bertz CT molecular complexity index is 962. The van der Waals surface area contributed by atoms with Crippen molar-refractivity contribution in [3.05, 3.63) is 90.2 Å². The van der Waals surface area contributed by atoms with Gasteiger partial charge in [0.25, 0.3) is 5.91 Å². The Kier molecular flexibility index (Phi) is 6.78. The summed E-state index contributed by atoms with van der Waals surface area (Å²) < 4.78 is 24.5. The number of carbonyl (C=O) groups is 2. The van der Waals surface area contributed by atoms with Crippen molar-refractivity contribution in [1.82, 2.24) is 5.32 Å². The maximum Gasteiger partial charge on any atom is 0.326 e. The Hall–Kier alpha value is -3.87. The van der Waals surface area contributed by atoms with Gasteiger partial charge in [-0.3, -0.25) is 10.1 Å². The molecule has 0 atom stereocenters. The minimum absolute atomic E-state index is 0.0233. The number of para-hydroxylation sites is 1. The lowest BCUT2D eigenvalue weighted by Gasteiger charge is -2.10. The van der Waals surface area contributed by atoms with Gasteiger partial charge in [0, 0.05) is 0 Å². The van der Waals surface area contributed by atoms with Gasteiger partial charge in [-0.1, -0.05) is 42.5 Å². The van der Waals surface area contributed by atoms with Crippen LogP contribution in [0.25, 0.3) is 0 Å². The molecule has 3 amide bonds. The van der Waals surface area contributed by atoms with E-state index in [4.69, 9.17) is 9.47 Å². The maximum atomic E-state index is 13.5. The summed E-state index contributed by atoms with van der Waals surface area (Å²) in [6, 6.07) is 21.3. The molecule has 0 bridgehead atoms. The summed E-state index contributed by atoms with van der Waals surface area (Å²) >= 11 is 0. The second-order valence-electron chi connectivity index (χ2n) is 6.02. The summed E-state index contributed by atoms with van der Waals surface area (Å²) in [5.41, 5.74) is 1.03. The monoisotopic (exact) mass is 394 g/mol. The lowest BCUT2D eigenvalue weighted by atomic mass is 10.2. The third-order valence-corrected chi connectivity index (χ3v) is 3.82. The molecular formula is C22H19FN2O4. The summed E-state index contributed by atoms with van der Waals surface area (Å²) in [4.78, 5) is 23.6. The molecule has 148 valence electrons. The zero-order valence-electron chi connectivity index (χ0n) is 15.4. The van der Waals surface area contributed by atoms with Gasteiger partial charge in [-0.2, -0.15) is 0 Å². The zero-order valence-corrected chi connectivity index (χ0v) is 15.4. The second-order valence-corrected chi connectivity index (χ2v) is 6.02. The van der Waals surface area contributed by atoms with E-state index < -0.39 is 17.8 Å². The van der Waals surface area contributed by atoms with Crippen LogP contribution in [0.2, 0.25) is 0 Å². The number of hydrogen-bond acceptors (Lipinski definition) is 4. The quantitative estimate of drug-likeness (QED) is 0.632. The maximum absolute atomic E-state index is 13.5. The van der Waals surface area contributed by atoms with Gasteiger partial charge in [0.2, 0.25) is 0 Å². The second kappa shape index (κ2) is 9.89. The first-order chi connectivity index (χ1) is 14.1. The van der Waals surface area contributed by atoms with E-state index in [1.165, 1.54) is 18.2 Å². The molecule has 0 saturated heterocycles. The number of hydrogen-bond donors (Lipinski definition) is 2. The van der Waals surface area contributed by atoms with Crippen molar-refractivity contribution in [3.8, 4) is 11.5 Å². The number of rotatable bonds is 7. The standard InChI is InChI=1S/C22H19FN2O4/c23-19-8-4-5-9-20(19)24-22(27)25-21(26)15-29-18-12-10-17(11-13-18)28-14-16-6-2-1-3-7-16/h1-13H,14-15H2,(H2,24,25,26,27). The van der Waals surface area contributed by atoms with Gasteiger partial charge in [-0.15, -0.1) is 0 Å². The third kappa shape index (κ3) is 6.35. The SMILES string of the molecule is O=C(COc1ccc(OCc2ccccc2)cc1)NC(=O)Nc1ccccc1F. The van der Waals surface area contributed by atoms with E-state index in [1.807, 2.05) is 30.3 Å². The van der Waals surface area contributed by atoms with Crippen LogP contribution < -0.4 is 20.1 Å². The van der Waals surface area contributed by atoms with Crippen molar-refractivity contribution in [1.29, 1.82) is 0 Å². The van der Waals surface area contributed by atoms with Gasteiger partial charge >= 0.3 is 6.03 Å². The van der Waals surface area contributed by atoms with E-state index in [0.29, 0.717) is 18.1 Å². The van der Waals surface area contributed by atoms with Crippen molar-refractivity contribution in [2.45, 2.75) is 6.61 Å². The number of nitrogens with one attached hydrogen (secondary N) is 2. The van der Waals surface area contributed by atoms with Crippen LogP contribution in [0.4, 0.5) is 14.9 Å². The average Bonchev–Trinajstić information content (AvgIpc) is 2.74. The van der Waals surface area contributed by atoms with Crippen LogP contribution in [0, 0.1) is 5.82 Å². The molecule has 0 spiro atoms. The summed E-state index contributed by atoms with van der Waals surface area (Å²) in [6.45, 7) is 0.0789. The van der Waals surface area contributed by atoms with E-state index in [1.54, 1.807) is 30.3 Å². The highest BCUT2D eigenvalue weighted by Gasteiger charge is 2.10. The Morgan fingerprint density at radius 2 is 1.41 bits per heavy atom. The molecule has 2 N–H and O–H groups in total. The molecule has 0 saturated carbocycles. The number of urea groups is 1. The van der Waals surface area contributed by atoms with E-state index in [0.717, 1.165) is 5.56 Å². The average molecular weight is 394 g/mol. The molecule has 3 aromatic rings. The van der Waals surface area contributed by atoms with Crippen LogP contribution in [0.3, 0.4) is 0 Å². The summed E-state index contributed by atoms with van der Waals surface area (Å²) in [5, 5.41) is 4.33. The molecule has 0 heterocycles. The molecule has 29 heavy (non-hydrogen) atoms. The number of imide groups is 1. The Labute approximate surface area is 167 Å². The molecule has 0 fully saturated rings. The first-order valence-electron chi connectivity index (χ1n) is 8.85. The smallest absolute Gasteiger partial charge is 0.326 e. The molecule has 0 unspecified atom stereocenters. The highest BCUT2D eigenvalue weighted by atomic mass is 19.1. The normalized spacial score (nSPS) is 10.1. The number of ether oxygens (including phenoxy) is 2. The fraction of sp³-hybridized carbons (Fsp3) is 0.0909. The number of benzene rings is 3. The Balaban J connectivity index is 1.41. The van der Waals surface area contributed by atoms with Gasteiger partial charge in [-0.25, -0.2) is 9.18 Å². The van der Waals surface area contributed by atoms with Gasteiger partial charge in [0.1, 0.15) is 23.9 Å². The number of halogens is 1. The number of carbonyl (C=O) groups excluding carboxylic acids is 2. The minimum atomic E-state index is -0.839. The van der Waals surface area contributed by atoms with E-state index in [9.17, 15) is 14.0 Å². The fourth-order valence-electron chi connectivity index (χ4n) is 2.40. The fourth-order valence-corrected chi connectivity index (χ4v) is 2.40. The van der Waals surface area contributed by atoms with Crippen LogP contribution in [0.5, 0.6) is 11.5 Å². The van der Waals surface area contributed by atoms with Crippen LogP contribution in [-0.4, -0.2) is 18.5 Å². The summed E-state index contributed by atoms with van der Waals surface area (Å²) in [6.07, 6.45) is 0. The van der Waals surface area contributed by atoms with E-state index in [2.05, 4.69) is 10.6 Å². The predicted molar refractivity (Wildman–Crippen MR) is 106 cm³/mol. The molecule has 0 radical (unpaired) electrons. The minimum Gasteiger partial charge on any atom is -0.489 e. The first-order valence-corrected chi connectivity index (χ1v) is 8.85. The van der Waals surface area contributed by atoms with Crippen molar-refractivity contribution < 1.29 is 23.5 Å². The van der Waals surface area contributed by atoms with Gasteiger partial charge < -0.3 is 14.8 Å². The third-order valence-electron chi connectivity index (χ3n) is 3.82. The molecule has 0 aromatic heterocycles. The molecule has 6 nitrogen and oxygen atoms in total. The highest BCUT2D eigenvalue weighted by molar-refractivity contribution is 6.01. The molecule has 0 aliphatic rings. The topological polar surface area (TPSA) is 76.7 Å². The van der Waals surface area contributed by atoms with Crippen molar-refractivity contribution >= 4 is 17.6 Å². The summed E-state index contributed by atoms with van der Waals surface area (Å²) in [5.74, 6) is -0.152. The first kappa shape index (κ1) is 19.9. The van der Waals surface area contributed by atoms with Gasteiger partial charge in [0.15, 0.2) is 6.61 Å². The molecule has 7 heteroatoms. The molecular weight excluding hydrogens is 375 g/mol. The van der Waals surface area contributed by atoms with E-state index in [-0.39, 0.29) is 12.3 Å². The summed E-state index contributed by atoms with van der Waals surface area (Å²) in [7, 11) is 0. The van der Waals surface area contributed by atoms with Crippen molar-refractivity contribution in [3.63, 3.8) is 0 Å². The lowest BCUT2D eigenvalue weighted by Crippen LogP contribution is -2.37. The zero-order chi connectivity index (χ0) is 20.5. The molecule has 0 aliphatic carbocycles. The van der Waals surface area contributed by atoms with Crippen molar-refractivity contribution in [2.24, 2.45) is 0 Å². The van der Waals surface area contributed by atoms with E-state index >= 15 is 0 Å². The Morgan fingerprint density at radius 1 is 0.793 bits per heavy atom. The number of amides is 3. The molecule has 3 aromatic carbocycles. The lowest BCUT2D eigenvalue weighted by molar-refractivity contribution is -0.121. The van der Waals surface area contributed by atoms with Crippen LogP contribution in [0.15, 0.2) is 78.9 Å². The van der Waals surface area contributed by atoms with Crippen LogP contribution in [-0.2, 0) is 11.4 Å². The van der Waals surface area contributed by atoms with Gasteiger partial charge in [-0.05, 0) is 42.0 Å². The van der Waals surface area contributed by atoms with Crippen LogP contribution in [0.1, 0.15) is 5.56 Å². The largest absolute Gasteiger partial charge is 0.489 e. The molecule has 0 aliphatic heterocycles.